The topological polar surface area (TPSA) is 27.7 Å². The van der Waals surface area contributed by atoms with Crippen molar-refractivity contribution >= 4 is 0 Å². The Morgan fingerprint density at radius 3 is 2.62 bits per heavy atom. The highest BCUT2D eigenvalue weighted by molar-refractivity contribution is 4.85. The first-order valence-corrected chi connectivity index (χ1v) is 6.80. The van der Waals surface area contributed by atoms with Crippen molar-refractivity contribution in [2.45, 2.75) is 69.4 Å². The fourth-order valence-electron chi connectivity index (χ4n) is 3.21. The van der Waals surface area contributed by atoms with E-state index in [0.717, 1.165) is 32.5 Å². The summed E-state index contributed by atoms with van der Waals surface area (Å²) in [6.07, 6.45) is 10.3. The second-order valence-corrected chi connectivity index (χ2v) is 5.35. The molecule has 3 unspecified atom stereocenters. The number of hydrogen-bond acceptors (Lipinski definition) is 3. The van der Waals surface area contributed by atoms with Gasteiger partial charge >= 0.3 is 0 Å². The zero-order chi connectivity index (χ0) is 10.8. The molecule has 1 spiro atoms. The van der Waals surface area contributed by atoms with Crippen LogP contribution in [0.15, 0.2) is 0 Å². The van der Waals surface area contributed by atoms with Gasteiger partial charge in [-0.3, -0.25) is 0 Å². The number of hydrogen-bond donors (Lipinski definition) is 0. The Labute approximate surface area is 97.4 Å². The highest BCUT2D eigenvalue weighted by atomic mass is 16.7. The van der Waals surface area contributed by atoms with Gasteiger partial charge in [-0.15, -0.1) is 0 Å². The molecule has 16 heavy (non-hydrogen) atoms. The Hall–Kier alpha value is -0.120. The zero-order valence-corrected chi connectivity index (χ0v) is 9.95. The predicted octanol–water partition coefficient (Wildman–Crippen LogP) is 2.63. The van der Waals surface area contributed by atoms with Crippen molar-refractivity contribution in [3.63, 3.8) is 0 Å². The summed E-state index contributed by atoms with van der Waals surface area (Å²) in [5, 5.41) is 0. The van der Waals surface area contributed by atoms with Gasteiger partial charge in [0.05, 0.1) is 18.8 Å². The van der Waals surface area contributed by atoms with Crippen molar-refractivity contribution in [1.29, 1.82) is 0 Å². The molecular weight excluding hydrogens is 204 g/mol. The Bertz CT molecular complexity index is 229. The SMILES string of the molecule is C1COC(CCC2CCC3(CCCO3)O2)C1. The largest absolute Gasteiger partial charge is 0.378 e. The van der Waals surface area contributed by atoms with Crippen LogP contribution in [0.1, 0.15) is 51.4 Å². The van der Waals surface area contributed by atoms with Crippen LogP contribution in [-0.4, -0.2) is 31.2 Å². The average molecular weight is 226 g/mol. The van der Waals surface area contributed by atoms with Crippen molar-refractivity contribution < 1.29 is 14.2 Å². The van der Waals surface area contributed by atoms with Gasteiger partial charge in [0.2, 0.25) is 0 Å². The third-order valence-electron chi connectivity index (χ3n) is 4.13. The lowest BCUT2D eigenvalue weighted by molar-refractivity contribution is -0.200. The molecular formula is C13H22O3. The molecule has 3 fully saturated rings. The molecule has 3 aliphatic heterocycles. The minimum Gasteiger partial charge on any atom is -0.378 e. The predicted molar refractivity (Wildman–Crippen MR) is 60.2 cm³/mol. The molecule has 0 bridgehead atoms. The summed E-state index contributed by atoms with van der Waals surface area (Å²) in [5.41, 5.74) is 0. The number of ether oxygens (including phenoxy) is 3. The molecule has 0 aromatic heterocycles. The highest BCUT2D eigenvalue weighted by Gasteiger charge is 2.43. The molecule has 0 aromatic carbocycles. The summed E-state index contributed by atoms with van der Waals surface area (Å²) in [7, 11) is 0. The monoisotopic (exact) mass is 226 g/mol. The molecule has 3 nitrogen and oxygen atoms in total. The molecule has 3 heterocycles. The van der Waals surface area contributed by atoms with Gasteiger partial charge in [-0.25, -0.2) is 0 Å². The first kappa shape index (κ1) is 11.0. The van der Waals surface area contributed by atoms with Gasteiger partial charge in [0, 0.05) is 19.4 Å². The van der Waals surface area contributed by atoms with Crippen LogP contribution in [0.3, 0.4) is 0 Å². The van der Waals surface area contributed by atoms with Gasteiger partial charge in [-0.1, -0.05) is 0 Å². The molecule has 3 atom stereocenters. The summed E-state index contributed by atoms with van der Waals surface area (Å²) < 4.78 is 17.5. The van der Waals surface area contributed by atoms with Crippen LogP contribution in [0.5, 0.6) is 0 Å². The quantitative estimate of drug-likeness (QED) is 0.740. The molecule has 0 radical (unpaired) electrons. The van der Waals surface area contributed by atoms with Crippen LogP contribution in [-0.2, 0) is 14.2 Å². The van der Waals surface area contributed by atoms with E-state index in [-0.39, 0.29) is 5.79 Å². The van der Waals surface area contributed by atoms with E-state index in [1.807, 2.05) is 0 Å². The summed E-state index contributed by atoms with van der Waals surface area (Å²) in [4.78, 5) is 0. The minimum atomic E-state index is -0.179. The Morgan fingerprint density at radius 2 is 1.88 bits per heavy atom. The van der Waals surface area contributed by atoms with Gasteiger partial charge in [0.1, 0.15) is 0 Å². The van der Waals surface area contributed by atoms with Gasteiger partial charge in [-0.2, -0.15) is 0 Å². The van der Waals surface area contributed by atoms with Crippen molar-refractivity contribution in [2.75, 3.05) is 13.2 Å². The third-order valence-corrected chi connectivity index (χ3v) is 4.13. The van der Waals surface area contributed by atoms with Gasteiger partial charge in [0.15, 0.2) is 5.79 Å². The highest BCUT2D eigenvalue weighted by Crippen LogP contribution is 2.40. The molecule has 0 N–H and O–H groups in total. The molecule has 3 aliphatic rings. The van der Waals surface area contributed by atoms with Crippen molar-refractivity contribution in [2.24, 2.45) is 0 Å². The molecule has 3 heteroatoms. The first-order chi connectivity index (χ1) is 7.86. The maximum atomic E-state index is 6.09. The molecule has 0 amide bonds. The van der Waals surface area contributed by atoms with Crippen LogP contribution in [0.2, 0.25) is 0 Å². The standard InChI is InChI=1S/C13H22O3/c1-3-11(14-9-1)4-5-12-6-8-13(16-12)7-2-10-15-13/h11-12H,1-10H2. The van der Waals surface area contributed by atoms with E-state index in [1.54, 1.807) is 0 Å². The Morgan fingerprint density at radius 1 is 0.938 bits per heavy atom. The second-order valence-electron chi connectivity index (χ2n) is 5.35. The van der Waals surface area contributed by atoms with E-state index in [1.165, 1.54) is 32.1 Å². The van der Waals surface area contributed by atoms with Crippen molar-refractivity contribution in [3.05, 3.63) is 0 Å². The lowest BCUT2D eigenvalue weighted by Gasteiger charge is -2.23. The minimum absolute atomic E-state index is 0.179. The van der Waals surface area contributed by atoms with E-state index >= 15 is 0 Å². The number of rotatable bonds is 3. The van der Waals surface area contributed by atoms with Crippen LogP contribution in [0.25, 0.3) is 0 Å². The van der Waals surface area contributed by atoms with Crippen molar-refractivity contribution in [1.82, 2.24) is 0 Å². The lowest BCUT2D eigenvalue weighted by Crippen LogP contribution is -2.27. The third kappa shape index (κ3) is 2.27. The molecule has 3 saturated heterocycles. The lowest BCUT2D eigenvalue weighted by atomic mass is 10.0. The molecule has 3 rings (SSSR count). The summed E-state index contributed by atoms with van der Waals surface area (Å²) in [5.74, 6) is -0.179. The maximum absolute atomic E-state index is 6.09. The first-order valence-electron chi connectivity index (χ1n) is 6.80. The van der Waals surface area contributed by atoms with Crippen LogP contribution in [0, 0.1) is 0 Å². The Kier molecular flexibility index (Phi) is 3.18. The Balaban J connectivity index is 1.43. The fourth-order valence-corrected chi connectivity index (χ4v) is 3.21. The van der Waals surface area contributed by atoms with E-state index in [9.17, 15) is 0 Å². The smallest absolute Gasteiger partial charge is 0.168 e. The molecule has 0 saturated carbocycles. The normalized spacial score (nSPS) is 43.5. The van der Waals surface area contributed by atoms with Gasteiger partial charge in [0.25, 0.3) is 0 Å². The molecule has 0 aromatic rings. The van der Waals surface area contributed by atoms with E-state index < -0.39 is 0 Å². The fraction of sp³-hybridized carbons (Fsp3) is 1.00. The van der Waals surface area contributed by atoms with Crippen LogP contribution in [0.4, 0.5) is 0 Å². The van der Waals surface area contributed by atoms with Gasteiger partial charge < -0.3 is 14.2 Å². The maximum Gasteiger partial charge on any atom is 0.168 e. The molecule has 92 valence electrons. The van der Waals surface area contributed by atoms with Crippen molar-refractivity contribution in [3.8, 4) is 0 Å². The van der Waals surface area contributed by atoms with E-state index in [4.69, 9.17) is 14.2 Å². The summed E-state index contributed by atoms with van der Waals surface area (Å²) in [6, 6.07) is 0. The van der Waals surface area contributed by atoms with E-state index in [0.29, 0.717) is 12.2 Å². The van der Waals surface area contributed by atoms with Gasteiger partial charge in [-0.05, 0) is 38.5 Å². The summed E-state index contributed by atoms with van der Waals surface area (Å²) >= 11 is 0. The van der Waals surface area contributed by atoms with Crippen LogP contribution < -0.4 is 0 Å². The summed E-state index contributed by atoms with van der Waals surface area (Å²) in [6.45, 7) is 1.85. The van der Waals surface area contributed by atoms with E-state index in [2.05, 4.69) is 0 Å². The average Bonchev–Trinajstić information content (AvgIpc) is 3.01. The molecule has 0 aliphatic carbocycles. The van der Waals surface area contributed by atoms with Crippen LogP contribution >= 0.6 is 0 Å². The second kappa shape index (κ2) is 4.63. The zero-order valence-electron chi connectivity index (χ0n) is 9.95.